The van der Waals surface area contributed by atoms with Crippen molar-refractivity contribution in [2.45, 2.75) is 19.0 Å². The number of nitrogens with two attached hydrogens (primary N) is 1. The summed E-state index contributed by atoms with van der Waals surface area (Å²) in [6.45, 7) is 0.539. The minimum Gasteiger partial charge on any atom is -0.472 e. The van der Waals surface area contributed by atoms with Gasteiger partial charge in [0, 0.05) is 31.6 Å². The average molecular weight is 258 g/mol. The maximum atomic E-state index is 12.1. The Balaban J connectivity index is 1.90. The Kier molecular flexibility index (Phi) is 4.36. The summed E-state index contributed by atoms with van der Waals surface area (Å²) < 4.78 is 4.98. The lowest BCUT2D eigenvalue weighted by atomic mass is 10.0. The van der Waals surface area contributed by atoms with E-state index >= 15 is 0 Å². The zero-order valence-corrected chi connectivity index (χ0v) is 11.0. The van der Waals surface area contributed by atoms with Gasteiger partial charge in [0.25, 0.3) is 0 Å². The number of carbonyl (C=O) groups is 1. The standard InChI is InChI=1S/C15H18N2O2/c1-17(10-12-7-8-19-11-12)15(18)9-14(16)13-5-3-2-4-6-13/h2-8,11,14H,9-10,16H2,1H3. The van der Waals surface area contributed by atoms with Gasteiger partial charge in [-0.15, -0.1) is 0 Å². The lowest BCUT2D eigenvalue weighted by molar-refractivity contribution is -0.130. The van der Waals surface area contributed by atoms with Crippen LogP contribution < -0.4 is 5.73 Å². The molecule has 1 unspecified atom stereocenters. The number of amides is 1. The van der Waals surface area contributed by atoms with Crippen LogP contribution in [0.5, 0.6) is 0 Å². The lowest BCUT2D eigenvalue weighted by Gasteiger charge is -2.19. The van der Waals surface area contributed by atoms with Crippen LogP contribution in [0.1, 0.15) is 23.6 Å². The van der Waals surface area contributed by atoms with Gasteiger partial charge in [0.1, 0.15) is 0 Å². The first-order chi connectivity index (χ1) is 9.16. The van der Waals surface area contributed by atoms with Crippen LogP contribution >= 0.6 is 0 Å². The summed E-state index contributed by atoms with van der Waals surface area (Å²) in [5.41, 5.74) is 8.00. The molecule has 2 rings (SSSR count). The van der Waals surface area contributed by atoms with Gasteiger partial charge in [-0.25, -0.2) is 0 Å². The van der Waals surface area contributed by atoms with E-state index in [1.165, 1.54) is 0 Å². The fraction of sp³-hybridized carbons (Fsp3) is 0.267. The SMILES string of the molecule is CN(Cc1ccoc1)C(=O)CC(N)c1ccccc1. The van der Waals surface area contributed by atoms with Crippen LogP contribution in [0.4, 0.5) is 0 Å². The van der Waals surface area contributed by atoms with E-state index in [4.69, 9.17) is 10.2 Å². The predicted molar refractivity (Wildman–Crippen MR) is 73.2 cm³/mol. The van der Waals surface area contributed by atoms with Crippen LogP contribution in [0.2, 0.25) is 0 Å². The number of benzene rings is 1. The smallest absolute Gasteiger partial charge is 0.224 e. The molecular formula is C15H18N2O2. The molecule has 0 saturated carbocycles. The molecule has 0 bridgehead atoms. The average Bonchev–Trinajstić information content (AvgIpc) is 2.92. The highest BCUT2D eigenvalue weighted by molar-refractivity contribution is 5.76. The minimum absolute atomic E-state index is 0.0255. The van der Waals surface area contributed by atoms with Crippen molar-refractivity contribution in [2.75, 3.05) is 7.05 Å². The molecule has 4 nitrogen and oxygen atoms in total. The van der Waals surface area contributed by atoms with E-state index in [2.05, 4.69) is 0 Å². The highest BCUT2D eigenvalue weighted by atomic mass is 16.3. The second-order valence-electron chi connectivity index (χ2n) is 4.60. The molecule has 0 radical (unpaired) electrons. The van der Waals surface area contributed by atoms with Crippen LogP contribution in [0.15, 0.2) is 53.3 Å². The van der Waals surface area contributed by atoms with Crippen LogP contribution in [0, 0.1) is 0 Å². The molecular weight excluding hydrogens is 240 g/mol. The highest BCUT2D eigenvalue weighted by Crippen LogP contribution is 2.15. The topological polar surface area (TPSA) is 59.5 Å². The Morgan fingerprint density at radius 2 is 2.05 bits per heavy atom. The molecule has 1 amide bonds. The molecule has 1 aromatic carbocycles. The zero-order valence-electron chi connectivity index (χ0n) is 11.0. The Hall–Kier alpha value is -2.07. The van der Waals surface area contributed by atoms with Gasteiger partial charge in [0.15, 0.2) is 0 Å². The van der Waals surface area contributed by atoms with E-state index in [0.29, 0.717) is 13.0 Å². The lowest BCUT2D eigenvalue weighted by Crippen LogP contribution is -2.29. The van der Waals surface area contributed by atoms with Crippen molar-refractivity contribution in [3.63, 3.8) is 0 Å². The van der Waals surface area contributed by atoms with E-state index < -0.39 is 0 Å². The Bertz CT molecular complexity index is 508. The second-order valence-corrected chi connectivity index (χ2v) is 4.60. The number of hydrogen-bond donors (Lipinski definition) is 1. The number of nitrogens with zero attached hydrogens (tertiary/aromatic N) is 1. The number of hydrogen-bond acceptors (Lipinski definition) is 3. The third-order valence-corrected chi connectivity index (χ3v) is 3.05. The van der Waals surface area contributed by atoms with Crippen LogP contribution in [0.25, 0.3) is 0 Å². The first-order valence-electron chi connectivity index (χ1n) is 6.22. The van der Waals surface area contributed by atoms with Crippen molar-refractivity contribution in [1.29, 1.82) is 0 Å². The molecule has 0 spiro atoms. The molecule has 0 aliphatic carbocycles. The summed E-state index contributed by atoms with van der Waals surface area (Å²) in [5, 5.41) is 0. The van der Waals surface area contributed by atoms with Crippen molar-refractivity contribution in [1.82, 2.24) is 4.90 Å². The van der Waals surface area contributed by atoms with E-state index in [0.717, 1.165) is 11.1 Å². The van der Waals surface area contributed by atoms with Gasteiger partial charge in [0.2, 0.25) is 5.91 Å². The van der Waals surface area contributed by atoms with E-state index in [1.807, 2.05) is 36.4 Å². The molecule has 1 atom stereocenters. The van der Waals surface area contributed by atoms with Gasteiger partial charge in [-0.05, 0) is 11.6 Å². The number of furan rings is 1. The summed E-state index contributed by atoms with van der Waals surface area (Å²) in [6, 6.07) is 11.2. The van der Waals surface area contributed by atoms with Crippen LogP contribution in [-0.2, 0) is 11.3 Å². The molecule has 0 saturated heterocycles. The van der Waals surface area contributed by atoms with E-state index in [9.17, 15) is 4.79 Å². The normalized spacial score (nSPS) is 12.1. The van der Waals surface area contributed by atoms with Crippen molar-refractivity contribution >= 4 is 5.91 Å². The minimum atomic E-state index is -0.263. The van der Waals surface area contributed by atoms with Gasteiger partial charge in [-0.1, -0.05) is 30.3 Å². The molecule has 100 valence electrons. The monoisotopic (exact) mass is 258 g/mol. The Labute approximate surface area is 112 Å². The van der Waals surface area contributed by atoms with E-state index in [-0.39, 0.29) is 11.9 Å². The highest BCUT2D eigenvalue weighted by Gasteiger charge is 2.15. The first-order valence-corrected chi connectivity index (χ1v) is 6.22. The van der Waals surface area contributed by atoms with E-state index in [1.54, 1.807) is 24.5 Å². The van der Waals surface area contributed by atoms with Gasteiger partial charge >= 0.3 is 0 Å². The van der Waals surface area contributed by atoms with Gasteiger partial charge in [0.05, 0.1) is 12.5 Å². The van der Waals surface area contributed by atoms with Gasteiger partial charge < -0.3 is 15.1 Å². The molecule has 19 heavy (non-hydrogen) atoms. The van der Waals surface area contributed by atoms with Gasteiger partial charge in [-0.2, -0.15) is 0 Å². The predicted octanol–water partition coefficient (Wildman–Crippen LogP) is 2.33. The fourth-order valence-electron chi connectivity index (χ4n) is 1.91. The molecule has 4 heteroatoms. The Morgan fingerprint density at radius 3 is 2.68 bits per heavy atom. The molecule has 0 aliphatic rings. The second kappa shape index (κ2) is 6.20. The maximum Gasteiger partial charge on any atom is 0.224 e. The summed E-state index contributed by atoms with van der Waals surface area (Å²) in [7, 11) is 1.77. The first kappa shape index (κ1) is 13.4. The molecule has 1 heterocycles. The molecule has 1 aromatic heterocycles. The molecule has 0 fully saturated rings. The molecule has 2 N–H and O–H groups in total. The Morgan fingerprint density at radius 1 is 1.32 bits per heavy atom. The third-order valence-electron chi connectivity index (χ3n) is 3.05. The molecule has 0 aliphatic heterocycles. The van der Waals surface area contributed by atoms with Crippen molar-refractivity contribution in [3.8, 4) is 0 Å². The summed E-state index contributed by atoms with van der Waals surface area (Å²) in [5.74, 6) is 0.0255. The number of rotatable bonds is 5. The fourth-order valence-corrected chi connectivity index (χ4v) is 1.91. The maximum absolute atomic E-state index is 12.1. The number of carbonyl (C=O) groups excluding carboxylic acids is 1. The molecule has 2 aromatic rings. The van der Waals surface area contributed by atoms with Gasteiger partial charge in [-0.3, -0.25) is 4.79 Å². The van der Waals surface area contributed by atoms with Crippen LogP contribution in [0.3, 0.4) is 0 Å². The quantitative estimate of drug-likeness (QED) is 0.895. The zero-order chi connectivity index (χ0) is 13.7. The largest absolute Gasteiger partial charge is 0.472 e. The third kappa shape index (κ3) is 3.69. The van der Waals surface area contributed by atoms with Crippen LogP contribution in [-0.4, -0.2) is 17.9 Å². The van der Waals surface area contributed by atoms with Crippen molar-refractivity contribution in [2.24, 2.45) is 5.73 Å². The summed E-state index contributed by atoms with van der Waals surface area (Å²) >= 11 is 0. The summed E-state index contributed by atoms with van der Waals surface area (Å²) in [4.78, 5) is 13.7. The summed E-state index contributed by atoms with van der Waals surface area (Å²) in [6.07, 6.45) is 3.54. The van der Waals surface area contributed by atoms with Crippen molar-refractivity contribution < 1.29 is 9.21 Å². The van der Waals surface area contributed by atoms with Crippen molar-refractivity contribution in [3.05, 3.63) is 60.1 Å².